The third kappa shape index (κ3) is 3.46. The number of aliphatic hydroxyl groups is 1. The molecule has 0 saturated carbocycles. The first kappa shape index (κ1) is 20.1. The first-order valence-electron chi connectivity index (χ1n) is 9.82. The van der Waals surface area contributed by atoms with Gasteiger partial charge in [0.1, 0.15) is 5.76 Å². The van der Waals surface area contributed by atoms with Crippen LogP contribution in [0.2, 0.25) is 0 Å². The van der Waals surface area contributed by atoms with Gasteiger partial charge in [0, 0.05) is 10.4 Å². The summed E-state index contributed by atoms with van der Waals surface area (Å²) in [5, 5.41) is 13.2. The maximum atomic E-state index is 13.1. The summed E-state index contributed by atoms with van der Waals surface area (Å²) >= 11 is 1.54. The molecule has 2 heterocycles. The number of Topliss-reactive ketones (excluding diaryl/α,β-unsaturated/α-hetero) is 1. The van der Waals surface area contributed by atoms with Crippen molar-refractivity contribution in [2.75, 3.05) is 0 Å². The molecule has 1 amide bonds. The van der Waals surface area contributed by atoms with Gasteiger partial charge in [-0.3, -0.25) is 9.59 Å². The summed E-state index contributed by atoms with van der Waals surface area (Å²) in [6.45, 7) is 6.10. The number of benzene rings is 2. The molecular formula is C25H23NO3S. The zero-order valence-electron chi connectivity index (χ0n) is 17.2. The number of aryl methyl sites for hydroxylation is 3. The number of ketones is 1. The second kappa shape index (κ2) is 7.92. The molecule has 5 heteroatoms. The van der Waals surface area contributed by atoms with Gasteiger partial charge in [-0.1, -0.05) is 48.0 Å². The Morgan fingerprint density at radius 2 is 1.77 bits per heavy atom. The number of likely N-dealkylation sites (tertiary alicyclic amines) is 1. The summed E-state index contributed by atoms with van der Waals surface area (Å²) in [7, 11) is 0. The Kier molecular flexibility index (Phi) is 5.31. The van der Waals surface area contributed by atoms with E-state index in [4.69, 9.17) is 0 Å². The number of hydrogen-bond acceptors (Lipinski definition) is 4. The van der Waals surface area contributed by atoms with E-state index in [1.807, 2.05) is 80.7 Å². The molecule has 0 bridgehead atoms. The predicted molar refractivity (Wildman–Crippen MR) is 119 cm³/mol. The van der Waals surface area contributed by atoms with Crippen molar-refractivity contribution in [3.8, 4) is 0 Å². The minimum atomic E-state index is -0.641. The zero-order valence-corrected chi connectivity index (χ0v) is 18.0. The largest absolute Gasteiger partial charge is 0.507 e. The van der Waals surface area contributed by atoms with Crippen molar-refractivity contribution in [2.24, 2.45) is 0 Å². The lowest BCUT2D eigenvalue weighted by Crippen LogP contribution is -2.29. The molecule has 30 heavy (non-hydrogen) atoms. The number of amides is 1. The van der Waals surface area contributed by atoms with Crippen LogP contribution < -0.4 is 0 Å². The van der Waals surface area contributed by atoms with Crippen molar-refractivity contribution in [1.82, 2.24) is 4.90 Å². The smallest absolute Gasteiger partial charge is 0.295 e. The van der Waals surface area contributed by atoms with Gasteiger partial charge in [0.25, 0.3) is 11.7 Å². The number of rotatable bonds is 4. The van der Waals surface area contributed by atoms with Gasteiger partial charge < -0.3 is 10.0 Å². The summed E-state index contributed by atoms with van der Waals surface area (Å²) in [5.41, 5.74) is 4.38. The van der Waals surface area contributed by atoms with Crippen LogP contribution >= 0.6 is 11.3 Å². The molecule has 1 saturated heterocycles. The molecule has 0 aliphatic carbocycles. The van der Waals surface area contributed by atoms with E-state index in [0.29, 0.717) is 12.1 Å². The van der Waals surface area contributed by atoms with Gasteiger partial charge >= 0.3 is 0 Å². The lowest BCUT2D eigenvalue weighted by molar-refractivity contribution is -0.140. The highest BCUT2D eigenvalue weighted by atomic mass is 32.1. The van der Waals surface area contributed by atoms with Crippen LogP contribution in [-0.4, -0.2) is 21.7 Å². The van der Waals surface area contributed by atoms with E-state index in [1.165, 1.54) is 0 Å². The Balaban J connectivity index is 1.93. The molecule has 1 N–H and O–H groups in total. The third-order valence-electron chi connectivity index (χ3n) is 5.58. The van der Waals surface area contributed by atoms with Crippen molar-refractivity contribution in [3.05, 3.63) is 98.2 Å². The maximum Gasteiger partial charge on any atom is 0.295 e. The third-order valence-corrected chi connectivity index (χ3v) is 6.44. The summed E-state index contributed by atoms with van der Waals surface area (Å²) in [6, 6.07) is 16.7. The standard InChI is InChI=1S/C25H23NO3S/c1-15-10-11-17(3)20(13-15)23(27)21-22(19-9-5-4-7-16(19)2)26(25(29)24(21)28)14-18-8-6-12-30-18/h4-13,22,27H,14H2,1-3H3/b23-21+. The van der Waals surface area contributed by atoms with Crippen molar-refractivity contribution < 1.29 is 14.7 Å². The molecule has 1 atom stereocenters. The minimum Gasteiger partial charge on any atom is -0.507 e. The average Bonchev–Trinajstić information content (AvgIpc) is 3.32. The van der Waals surface area contributed by atoms with Crippen LogP contribution in [-0.2, 0) is 16.1 Å². The summed E-state index contributed by atoms with van der Waals surface area (Å²) < 4.78 is 0. The van der Waals surface area contributed by atoms with Crippen LogP contribution in [0.5, 0.6) is 0 Å². The van der Waals surface area contributed by atoms with Crippen LogP contribution in [0.15, 0.2) is 65.6 Å². The number of carbonyl (C=O) groups is 2. The van der Waals surface area contributed by atoms with Gasteiger partial charge in [-0.05, 0) is 55.0 Å². The lowest BCUT2D eigenvalue weighted by atomic mass is 9.91. The van der Waals surface area contributed by atoms with Crippen LogP contribution in [0, 0.1) is 20.8 Å². The van der Waals surface area contributed by atoms with Crippen LogP contribution in [0.1, 0.15) is 38.7 Å². The quantitative estimate of drug-likeness (QED) is 0.356. The Morgan fingerprint density at radius 1 is 1.00 bits per heavy atom. The lowest BCUT2D eigenvalue weighted by Gasteiger charge is -2.26. The van der Waals surface area contributed by atoms with Gasteiger partial charge in [-0.25, -0.2) is 0 Å². The fourth-order valence-corrected chi connectivity index (χ4v) is 4.67. The monoisotopic (exact) mass is 417 g/mol. The van der Waals surface area contributed by atoms with Gasteiger partial charge in [0.15, 0.2) is 0 Å². The Bertz CT molecular complexity index is 1160. The molecule has 1 fully saturated rings. The van der Waals surface area contributed by atoms with Crippen LogP contribution in [0.25, 0.3) is 5.76 Å². The summed E-state index contributed by atoms with van der Waals surface area (Å²) in [5.74, 6) is -1.33. The molecule has 4 nitrogen and oxygen atoms in total. The van der Waals surface area contributed by atoms with E-state index in [2.05, 4.69) is 0 Å². The van der Waals surface area contributed by atoms with Crippen LogP contribution in [0.4, 0.5) is 0 Å². The van der Waals surface area contributed by atoms with Gasteiger partial charge in [-0.2, -0.15) is 0 Å². The van der Waals surface area contributed by atoms with E-state index in [0.717, 1.165) is 27.1 Å². The molecule has 4 rings (SSSR count). The molecule has 3 aromatic rings. The van der Waals surface area contributed by atoms with Crippen molar-refractivity contribution >= 4 is 28.8 Å². The fraction of sp³-hybridized carbons (Fsp3) is 0.200. The normalized spacial score (nSPS) is 18.2. The maximum absolute atomic E-state index is 13.1. The van der Waals surface area contributed by atoms with Crippen LogP contribution in [0.3, 0.4) is 0 Å². The second-order valence-electron chi connectivity index (χ2n) is 7.68. The second-order valence-corrected chi connectivity index (χ2v) is 8.71. The Hall–Kier alpha value is -3.18. The fourth-order valence-electron chi connectivity index (χ4n) is 3.97. The highest BCUT2D eigenvalue weighted by Gasteiger charge is 2.46. The topological polar surface area (TPSA) is 57.6 Å². The van der Waals surface area contributed by atoms with Crippen molar-refractivity contribution in [3.63, 3.8) is 0 Å². The number of nitrogens with zero attached hydrogens (tertiary/aromatic N) is 1. The van der Waals surface area contributed by atoms with Gasteiger partial charge in [-0.15, -0.1) is 11.3 Å². The average molecular weight is 418 g/mol. The SMILES string of the molecule is Cc1ccc(C)c(/C(O)=C2\C(=O)C(=O)N(Cc3cccs3)C2c2ccccc2C)c1. The Morgan fingerprint density at radius 3 is 2.47 bits per heavy atom. The predicted octanol–water partition coefficient (Wildman–Crippen LogP) is 5.30. The number of carbonyl (C=O) groups excluding carboxylic acids is 2. The van der Waals surface area contributed by atoms with E-state index in [9.17, 15) is 14.7 Å². The summed E-state index contributed by atoms with van der Waals surface area (Å²) in [4.78, 5) is 28.8. The van der Waals surface area contributed by atoms with Gasteiger partial charge in [0.2, 0.25) is 0 Å². The van der Waals surface area contributed by atoms with Crippen molar-refractivity contribution in [2.45, 2.75) is 33.4 Å². The Labute approximate surface area is 180 Å². The molecule has 0 radical (unpaired) electrons. The molecule has 1 aliphatic heterocycles. The molecule has 2 aromatic carbocycles. The molecule has 152 valence electrons. The highest BCUT2D eigenvalue weighted by Crippen LogP contribution is 2.42. The molecule has 1 unspecified atom stereocenters. The van der Waals surface area contributed by atoms with E-state index >= 15 is 0 Å². The van der Waals surface area contributed by atoms with Crippen molar-refractivity contribution in [1.29, 1.82) is 0 Å². The zero-order chi connectivity index (χ0) is 21.4. The highest BCUT2D eigenvalue weighted by molar-refractivity contribution is 7.09. The number of aliphatic hydroxyl groups excluding tert-OH is 1. The molecular weight excluding hydrogens is 394 g/mol. The van der Waals surface area contributed by atoms with Gasteiger partial charge in [0.05, 0.1) is 18.2 Å². The first-order chi connectivity index (χ1) is 14.4. The van der Waals surface area contributed by atoms with E-state index < -0.39 is 17.7 Å². The van der Waals surface area contributed by atoms with E-state index in [-0.39, 0.29) is 11.3 Å². The molecule has 1 aromatic heterocycles. The molecule has 0 spiro atoms. The number of thiophene rings is 1. The summed E-state index contributed by atoms with van der Waals surface area (Å²) in [6.07, 6.45) is 0. The van der Waals surface area contributed by atoms with E-state index in [1.54, 1.807) is 16.2 Å². The number of hydrogen-bond donors (Lipinski definition) is 1. The minimum absolute atomic E-state index is 0.114. The molecule has 1 aliphatic rings. The first-order valence-corrected chi connectivity index (χ1v) is 10.7.